The van der Waals surface area contributed by atoms with Gasteiger partial charge in [0, 0.05) is 53.2 Å². The number of carboxylic acid groups (broad SMARTS) is 2. The molecule has 0 fully saturated rings. The van der Waals surface area contributed by atoms with Gasteiger partial charge in [0.1, 0.15) is 16.6 Å². The van der Waals surface area contributed by atoms with Gasteiger partial charge in [-0.15, -0.1) is 0 Å². The van der Waals surface area contributed by atoms with Crippen molar-refractivity contribution in [3.05, 3.63) is 225 Å². The fourth-order valence-electron chi connectivity index (χ4n) is 10.8. The molecule has 22 heteroatoms. The molecule has 0 spiro atoms. The predicted octanol–water partition coefficient (Wildman–Crippen LogP) is 11.2. The van der Waals surface area contributed by atoms with Crippen LogP contribution in [0.15, 0.2) is 109 Å². The van der Waals surface area contributed by atoms with Crippen LogP contribution in [0, 0.1) is 59.2 Å². The second kappa shape index (κ2) is 30.2. The lowest BCUT2D eigenvalue weighted by Crippen LogP contribution is -2.56. The number of benzene rings is 6. The summed E-state index contributed by atoms with van der Waals surface area (Å²) in [4.78, 5) is 75.4. The number of hydrogen-bond acceptors (Lipinski definition) is 9. The molecule has 466 valence electrons. The average Bonchev–Trinajstić information content (AvgIpc) is 1.68. The molecule has 3 amide bonds. The van der Waals surface area contributed by atoms with Crippen molar-refractivity contribution < 1.29 is 80.1 Å². The number of aliphatic carboxylic acids is 2. The van der Waals surface area contributed by atoms with Gasteiger partial charge in [-0.05, 0) is 186 Å². The standard InChI is InChI=1S/C21H21F2NO3.C21H19F2NO3.C20H18F2INO3.C3H7BO2.CH4/c2*1-3-5-15-12(2)6-4-7-16(15)19(25)24-21(20(26)27)10-13-8-17(22)18(23)9-14(13)11-21;1-3-27-19(26)20(9-12-7-15(21)16(22)8-13(12)10-20)24-18(25)14-6-4-5-11(2)17(14)23;1-2-3-4(5)6;/h4,6-9H,3,5,10-11H2,1-2H3,(H,24,25)(H,26,27);3-9H,10-11H2,1-2H3,(H,24,25)(H,26,27);4-8H,3,9-10H2,1-2H3,(H,24,25);2-3,5-6H,1H3;1H4/b;5-3+;;3-2+;. The first-order chi connectivity index (χ1) is 41.1. The summed E-state index contributed by atoms with van der Waals surface area (Å²) in [6, 6.07) is 22.0. The van der Waals surface area contributed by atoms with Crippen molar-refractivity contribution in [3.8, 4) is 0 Å². The third-order valence-electron chi connectivity index (χ3n) is 15.1. The van der Waals surface area contributed by atoms with Crippen molar-refractivity contribution in [2.75, 3.05) is 6.61 Å². The van der Waals surface area contributed by atoms with Gasteiger partial charge in [0.05, 0.1) is 12.2 Å². The smallest absolute Gasteiger partial charge is 0.479 e. The Morgan fingerprint density at radius 2 is 0.898 bits per heavy atom. The number of rotatable bonds is 14. The normalized spacial score (nSPS) is 14.2. The second-order valence-corrected chi connectivity index (χ2v) is 22.4. The number of fused-ring (bicyclic) bond motifs is 3. The van der Waals surface area contributed by atoms with E-state index in [9.17, 15) is 65.3 Å². The number of esters is 1. The van der Waals surface area contributed by atoms with Gasteiger partial charge in [0.25, 0.3) is 17.7 Å². The molecular weight excluding hydrogens is 1260 g/mol. The Hall–Kier alpha value is -8.09. The summed E-state index contributed by atoms with van der Waals surface area (Å²) in [5.74, 6) is -9.32. The molecule has 6 aromatic carbocycles. The molecule has 14 nitrogen and oxygen atoms in total. The van der Waals surface area contributed by atoms with Crippen molar-refractivity contribution in [2.45, 2.75) is 124 Å². The molecule has 0 unspecified atom stereocenters. The largest absolute Gasteiger partial charge is 0.480 e. The molecule has 0 aromatic heterocycles. The van der Waals surface area contributed by atoms with Crippen molar-refractivity contribution in [1.29, 1.82) is 0 Å². The number of amides is 3. The highest BCUT2D eigenvalue weighted by Gasteiger charge is 2.49. The third kappa shape index (κ3) is 16.2. The Kier molecular flexibility index (Phi) is 24.3. The molecule has 0 saturated heterocycles. The van der Waals surface area contributed by atoms with E-state index in [1.165, 1.54) is 5.98 Å². The molecule has 88 heavy (non-hydrogen) atoms. The molecular formula is C66H69BF6IN3O11. The van der Waals surface area contributed by atoms with Gasteiger partial charge in [-0.1, -0.05) is 81.4 Å². The monoisotopic (exact) mass is 1330 g/mol. The topological polar surface area (TPSA) is 229 Å². The fourth-order valence-corrected chi connectivity index (χ4v) is 11.4. The van der Waals surface area contributed by atoms with Gasteiger partial charge in [0.15, 0.2) is 34.9 Å². The molecule has 0 atom stereocenters. The van der Waals surface area contributed by atoms with Crippen LogP contribution in [0.2, 0.25) is 0 Å². The summed E-state index contributed by atoms with van der Waals surface area (Å²) in [6.07, 6.45) is 6.41. The second-order valence-electron chi connectivity index (χ2n) is 21.4. The highest BCUT2D eigenvalue weighted by atomic mass is 127. The molecule has 0 bridgehead atoms. The quantitative estimate of drug-likeness (QED) is 0.0235. The lowest BCUT2D eigenvalue weighted by molar-refractivity contribution is -0.150. The molecule has 3 aliphatic carbocycles. The third-order valence-corrected chi connectivity index (χ3v) is 16.5. The van der Waals surface area contributed by atoms with Gasteiger partial charge in [-0.25, -0.2) is 40.7 Å². The summed E-state index contributed by atoms with van der Waals surface area (Å²) in [5, 5.41) is 43.6. The number of carbonyl (C=O) groups excluding carboxylic acids is 4. The molecule has 6 aromatic rings. The van der Waals surface area contributed by atoms with Crippen molar-refractivity contribution in [2.24, 2.45) is 0 Å². The summed E-state index contributed by atoms with van der Waals surface area (Å²) >= 11 is 2.08. The average molecular weight is 1330 g/mol. The van der Waals surface area contributed by atoms with E-state index < -0.39 is 94.3 Å². The molecule has 9 rings (SSSR count). The zero-order chi connectivity index (χ0) is 64.3. The summed E-state index contributed by atoms with van der Waals surface area (Å²) in [6.45, 7) is 13.0. The van der Waals surface area contributed by atoms with Gasteiger partial charge in [-0.3, -0.25) is 14.4 Å². The Balaban J connectivity index is 0.000000228. The SMILES string of the molecule is C.C/C=C/B(O)O.C/C=C/c1c(C)cccc1C(=O)NC1(C(=O)O)Cc2cc(F)c(F)cc2C1.CCCc1c(C)cccc1C(=O)NC1(C(=O)O)Cc2cc(F)c(F)cc2C1.CCOC(=O)C1(NC(=O)c2cccc(C)c2I)Cc2cc(F)c(F)cc2C1. The first kappa shape index (κ1) is 70.7. The summed E-state index contributed by atoms with van der Waals surface area (Å²) < 4.78 is 87.3. The minimum absolute atomic E-state index is 0. The minimum atomic E-state index is -1.64. The van der Waals surface area contributed by atoms with Gasteiger partial charge < -0.3 is 40.9 Å². The number of nitrogens with one attached hydrogen (secondary N) is 3. The van der Waals surface area contributed by atoms with E-state index in [0.29, 0.717) is 62.1 Å². The lowest BCUT2D eigenvalue weighted by atomic mass is 9.92. The molecule has 0 heterocycles. The zero-order valence-electron chi connectivity index (χ0n) is 48.7. The highest BCUT2D eigenvalue weighted by Crippen LogP contribution is 2.36. The maximum atomic E-state index is 13.6. The van der Waals surface area contributed by atoms with E-state index in [0.717, 1.165) is 68.6 Å². The van der Waals surface area contributed by atoms with Crippen LogP contribution in [0.5, 0.6) is 0 Å². The fraction of sp³-hybridized carbons (Fsp3) is 0.303. The zero-order valence-corrected chi connectivity index (χ0v) is 50.9. The predicted molar refractivity (Wildman–Crippen MR) is 330 cm³/mol. The van der Waals surface area contributed by atoms with Crippen LogP contribution >= 0.6 is 22.6 Å². The maximum absolute atomic E-state index is 13.6. The summed E-state index contributed by atoms with van der Waals surface area (Å²) in [5.41, 5.74) is 3.47. The first-order valence-electron chi connectivity index (χ1n) is 27.7. The number of allylic oxidation sites excluding steroid dienone is 2. The van der Waals surface area contributed by atoms with Crippen LogP contribution in [0.3, 0.4) is 0 Å². The van der Waals surface area contributed by atoms with Gasteiger partial charge in [0.2, 0.25) is 0 Å². The number of hydrogen-bond donors (Lipinski definition) is 7. The van der Waals surface area contributed by atoms with E-state index in [2.05, 4.69) is 38.5 Å². The number of halogens is 7. The number of aryl methyl sites for hydroxylation is 3. The van der Waals surface area contributed by atoms with E-state index in [-0.39, 0.29) is 52.6 Å². The van der Waals surface area contributed by atoms with Crippen LogP contribution in [0.1, 0.15) is 134 Å². The van der Waals surface area contributed by atoms with E-state index in [4.69, 9.17) is 14.8 Å². The van der Waals surface area contributed by atoms with Gasteiger partial charge >= 0.3 is 25.0 Å². The maximum Gasteiger partial charge on any atom is 0.480 e. The molecule has 0 saturated carbocycles. The lowest BCUT2D eigenvalue weighted by Gasteiger charge is -2.28. The van der Waals surface area contributed by atoms with Crippen LogP contribution < -0.4 is 16.0 Å². The van der Waals surface area contributed by atoms with Crippen LogP contribution in [0.25, 0.3) is 6.08 Å². The first-order valence-corrected chi connectivity index (χ1v) is 28.7. The van der Waals surface area contributed by atoms with Crippen molar-refractivity contribution in [1.82, 2.24) is 16.0 Å². The van der Waals surface area contributed by atoms with Crippen LogP contribution in [-0.4, -0.2) is 86.2 Å². The number of carbonyl (C=O) groups is 6. The number of carboxylic acids is 2. The Bertz CT molecular complexity index is 3610. The Morgan fingerprint density at radius 1 is 0.545 bits per heavy atom. The van der Waals surface area contributed by atoms with Crippen LogP contribution in [0.4, 0.5) is 26.3 Å². The van der Waals surface area contributed by atoms with Crippen molar-refractivity contribution in [3.63, 3.8) is 0 Å². The highest BCUT2D eigenvalue weighted by molar-refractivity contribution is 14.1. The molecule has 7 N–H and O–H groups in total. The van der Waals surface area contributed by atoms with Crippen LogP contribution in [-0.2, 0) is 64.1 Å². The van der Waals surface area contributed by atoms with Gasteiger partial charge in [-0.2, -0.15) is 0 Å². The Morgan fingerprint density at radius 3 is 1.26 bits per heavy atom. The Labute approximate surface area is 520 Å². The summed E-state index contributed by atoms with van der Waals surface area (Å²) in [7, 11) is -1.28. The minimum Gasteiger partial charge on any atom is -0.479 e. The number of ether oxygens (including phenoxy) is 1. The molecule has 3 aliphatic rings. The van der Waals surface area contributed by atoms with E-state index >= 15 is 0 Å². The molecule has 0 radical (unpaired) electrons. The molecule has 0 aliphatic heterocycles. The van der Waals surface area contributed by atoms with E-state index in [1.807, 2.05) is 52.8 Å². The van der Waals surface area contributed by atoms with E-state index in [1.54, 1.807) is 68.5 Å². The van der Waals surface area contributed by atoms with Crippen molar-refractivity contribution >= 4 is 71.4 Å².